The number of carbonyl (C=O) groups is 1. The maximum Gasteiger partial charge on any atom is 0.264 e. The molecule has 3 aromatic rings. The van der Waals surface area contributed by atoms with Crippen LogP contribution in [0.15, 0.2) is 72.8 Å². The minimum atomic E-state index is -0.0453. The fourth-order valence-electron chi connectivity index (χ4n) is 4.74. The van der Waals surface area contributed by atoms with Gasteiger partial charge in [0, 0.05) is 5.69 Å². The van der Waals surface area contributed by atoms with Crippen LogP contribution in [0.25, 0.3) is 11.1 Å². The molecule has 0 bridgehead atoms. The van der Waals surface area contributed by atoms with Crippen molar-refractivity contribution in [2.45, 2.75) is 38.5 Å². The Labute approximate surface area is 189 Å². The molecule has 1 heterocycles. The minimum Gasteiger partial charge on any atom is -0.494 e. The lowest BCUT2D eigenvalue weighted by Crippen LogP contribution is -2.38. The second kappa shape index (κ2) is 9.47. The topological polar surface area (TPSA) is 38.8 Å². The summed E-state index contributed by atoms with van der Waals surface area (Å²) >= 11 is 0. The highest BCUT2D eigenvalue weighted by atomic mass is 16.5. The molecule has 1 aliphatic heterocycles. The van der Waals surface area contributed by atoms with Gasteiger partial charge in [0.25, 0.3) is 5.91 Å². The van der Waals surface area contributed by atoms with E-state index in [0.717, 1.165) is 41.5 Å². The highest BCUT2D eigenvalue weighted by Gasteiger charge is 2.27. The average Bonchev–Trinajstić information content (AvgIpc) is 3.37. The van der Waals surface area contributed by atoms with Gasteiger partial charge in [-0.1, -0.05) is 62.1 Å². The number of rotatable bonds is 7. The number of amides is 1. The van der Waals surface area contributed by atoms with Crippen LogP contribution in [0.4, 0.5) is 5.69 Å². The molecule has 4 heteroatoms. The largest absolute Gasteiger partial charge is 0.494 e. The molecule has 1 fully saturated rings. The lowest BCUT2D eigenvalue weighted by atomic mass is 10.0. The molecule has 0 unspecified atom stereocenters. The van der Waals surface area contributed by atoms with Gasteiger partial charge in [-0.2, -0.15) is 0 Å². The zero-order chi connectivity index (χ0) is 21.8. The molecule has 0 saturated heterocycles. The third-order valence-electron chi connectivity index (χ3n) is 6.56. The summed E-state index contributed by atoms with van der Waals surface area (Å²) < 4.78 is 11.9. The standard InChI is InChI=1S/C28H29NO3/c30-28-26-17-12-23(22-10-2-1-3-11-22)19-27(26)32-20-29(28)24-13-15-25(16-14-24)31-18-6-9-21-7-4-5-8-21/h1-3,10-17,19,21H,4-9,18,20H2. The van der Waals surface area contributed by atoms with Gasteiger partial charge in [0.05, 0.1) is 12.2 Å². The van der Waals surface area contributed by atoms with Crippen LogP contribution < -0.4 is 14.4 Å². The Balaban J connectivity index is 1.21. The molecule has 2 aliphatic rings. The van der Waals surface area contributed by atoms with Crippen LogP contribution in [0.3, 0.4) is 0 Å². The molecule has 1 aliphatic carbocycles. The third kappa shape index (κ3) is 4.50. The van der Waals surface area contributed by atoms with Crippen LogP contribution in [0.1, 0.15) is 48.9 Å². The van der Waals surface area contributed by atoms with Gasteiger partial charge in [-0.3, -0.25) is 9.69 Å². The van der Waals surface area contributed by atoms with Crippen LogP contribution in [-0.4, -0.2) is 19.2 Å². The molecule has 1 amide bonds. The lowest BCUT2D eigenvalue weighted by Gasteiger charge is -2.29. The van der Waals surface area contributed by atoms with Crippen molar-refractivity contribution in [3.8, 4) is 22.6 Å². The molecule has 4 nitrogen and oxygen atoms in total. The SMILES string of the molecule is O=C1c2ccc(-c3ccccc3)cc2OCN1c1ccc(OCCCC2CCCC2)cc1. The smallest absolute Gasteiger partial charge is 0.264 e. The molecule has 0 spiro atoms. The van der Waals surface area contributed by atoms with Crippen molar-refractivity contribution in [1.29, 1.82) is 0 Å². The lowest BCUT2D eigenvalue weighted by molar-refractivity contribution is 0.0937. The molecule has 0 radical (unpaired) electrons. The number of benzene rings is 3. The van der Waals surface area contributed by atoms with Gasteiger partial charge in [0.15, 0.2) is 6.73 Å². The Morgan fingerprint density at radius 3 is 2.47 bits per heavy atom. The van der Waals surface area contributed by atoms with E-state index in [1.54, 1.807) is 4.90 Å². The Kier molecular flexibility index (Phi) is 6.11. The van der Waals surface area contributed by atoms with Crippen molar-refractivity contribution >= 4 is 11.6 Å². The predicted molar refractivity (Wildman–Crippen MR) is 127 cm³/mol. The monoisotopic (exact) mass is 427 g/mol. The fourth-order valence-corrected chi connectivity index (χ4v) is 4.74. The van der Waals surface area contributed by atoms with E-state index in [4.69, 9.17) is 9.47 Å². The quantitative estimate of drug-likeness (QED) is 0.394. The van der Waals surface area contributed by atoms with Gasteiger partial charge in [-0.05, 0) is 66.3 Å². The van der Waals surface area contributed by atoms with E-state index < -0.39 is 0 Å². The Hall–Kier alpha value is -3.27. The van der Waals surface area contributed by atoms with Crippen LogP contribution in [0, 0.1) is 5.92 Å². The Morgan fingerprint density at radius 2 is 1.69 bits per heavy atom. The number of carbonyl (C=O) groups excluding carboxylic acids is 1. The number of anilines is 1. The highest BCUT2D eigenvalue weighted by molar-refractivity contribution is 6.09. The first kappa shape index (κ1) is 20.6. The summed E-state index contributed by atoms with van der Waals surface area (Å²) in [7, 11) is 0. The molecule has 0 atom stereocenters. The number of fused-ring (bicyclic) bond motifs is 1. The number of hydrogen-bond donors (Lipinski definition) is 0. The van der Waals surface area contributed by atoms with Crippen molar-refractivity contribution in [2.75, 3.05) is 18.2 Å². The summed E-state index contributed by atoms with van der Waals surface area (Å²) in [6.45, 7) is 0.949. The van der Waals surface area contributed by atoms with E-state index in [1.807, 2.05) is 60.7 Å². The van der Waals surface area contributed by atoms with E-state index in [0.29, 0.717) is 11.3 Å². The first-order valence-electron chi connectivity index (χ1n) is 11.6. The van der Waals surface area contributed by atoms with E-state index in [-0.39, 0.29) is 12.6 Å². The normalized spacial score (nSPS) is 16.0. The fraction of sp³-hybridized carbons (Fsp3) is 0.321. The van der Waals surface area contributed by atoms with Crippen LogP contribution in [0.5, 0.6) is 11.5 Å². The minimum absolute atomic E-state index is 0.0453. The number of nitrogens with zero attached hydrogens (tertiary/aromatic N) is 1. The van der Waals surface area contributed by atoms with Gasteiger partial charge >= 0.3 is 0 Å². The molecule has 0 N–H and O–H groups in total. The molecular formula is C28H29NO3. The van der Waals surface area contributed by atoms with E-state index >= 15 is 0 Å². The Morgan fingerprint density at radius 1 is 0.906 bits per heavy atom. The second-order valence-electron chi connectivity index (χ2n) is 8.72. The molecule has 32 heavy (non-hydrogen) atoms. The van der Waals surface area contributed by atoms with E-state index in [2.05, 4.69) is 12.1 Å². The number of hydrogen-bond acceptors (Lipinski definition) is 3. The van der Waals surface area contributed by atoms with Gasteiger partial charge in [-0.25, -0.2) is 0 Å². The van der Waals surface area contributed by atoms with Gasteiger partial charge in [-0.15, -0.1) is 0 Å². The molecule has 3 aromatic carbocycles. The third-order valence-corrected chi connectivity index (χ3v) is 6.56. The first-order chi connectivity index (χ1) is 15.8. The van der Waals surface area contributed by atoms with Crippen molar-refractivity contribution in [2.24, 2.45) is 5.92 Å². The summed E-state index contributed by atoms with van der Waals surface area (Å²) in [5.41, 5.74) is 3.54. The van der Waals surface area contributed by atoms with Crippen molar-refractivity contribution in [3.63, 3.8) is 0 Å². The Bertz CT molecular complexity index is 1060. The van der Waals surface area contributed by atoms with Gasteiger partial charge in [0.2, 0.25) is 0 Å². The molecule has 1 saturated carbocycles. The van der Waals surface area contributed by atoms with Crippen molar-refractivity contribution in [3.05, 3.63) is 78.4 Å². The predicted octanol–water partition coefficient (Wildman–Crippen LogP) is 6.70. The second-order valence-corrected chi connectivity index (χ2v) is 8.72. The van der Waals surface area contributed by atoms with Crippen molar-refractivity contribution in [1.82, 2.24) is 0 Å². The zero-order valence-electron chi connectivity index (χ0n) is 18.3. The van der Waals surface area contributed by atoms with Gasteiger partial charge in [0.1, 0.15) is 11.5 Å². The summed E-state index contributed by atoms with van der Waals surface area (Å²) in [5.74, 6) is 2.34. The maximum absolute atomic E-state index is 13.1. The van der Waals surface area contributed by atoms with Gasteiger partial charge < -0.3 is 9.47 Å². The molecule has 164 valence electrons. The van der Waals surface area contributed by atoms with E-state index in [1.165, 1.54) is 32.1 Å². The summed E-state index contributed by atoms with van der Waals surface area (Å²) in [6.07, 6.45) is 7.93. The molecule has 5 rings (SSSR count). The summed E-state index contributed by atoms with van der Waals surface area (Å²) in [6, 6.07) is 23.6. The highest BCUT2D eigenvalue weighted by Crippen LogP contribution is 2.33. The summed E-state index contributed by atoms with van der Waals surface area (Å²) in [5, 5.41) is 0. The van der Waals surface area contributed by atoms with Crippen molar-refractivity contribution < 1.29 is 14.3 Å². The number of ether oxygens (including phenoxy) is 2. The van der Waals surface area contributed by atoms with Crippen LogP contribution >= 0.6 is 0 Å². The van der Waals surface area contributed by atoms with Crippen LogP contribution in [0.2, 0.25) is 0 Å². The van der Waals surface area contributed by atoms with E-state index in [9.17, 15) is 4.79 Å². The molecule has 0 aromatic heterocycles. The maximum atomic E-state index is 13.1. The first-order valence-corrected chi connectivity index (χ1v) is 11.6. The van der Waals surface area contributed by atoms with Crippen LogP contribution in [-0.2, 0) is 0 Å². The molecular weight excluding hydrogens is 398 g/mol. The zero-order valence-corrected chi connectivity index (χ0v) is 18.3. The summed E-state index contributed by atoms with van der Waals surface area (Å²) in [4.78, 5) is 14.8. The average molecular weight is 428 g/mol.